The number of rotatable bonds is 4. The van der Waals surface area contributed by atoms with E-state index >= 15 is 0 Å². The molecular weight excluding hydrogens is 290 g/mol. The molecule has 0 saturated carbocycles. The summed E-state index contributed by atoms with van der Waals surface area (Å²) in [7, 11) is 0. The Hall–Kier alpha value is -1.45. The minimum absolute atomic E-state index is 0.107. The molecule has 1 aliphatic heterocycles. The van der Waals surface area contributed by atoms with E-state index in [9.17, 15) is 5.11 Å². The number of aryl methyl sites for hydroxylation is 1. The topological polar surface area (TPSA) is 23.5 Å². The maximum Gasteiger partial charge on any atom is 0.0681 e. The molecule has 2 nitrogen and oxygen atoms in total. The van der Waals surface area contributed by atoms with Crippen molar-refractivity contribution in [1.82, 2.24) is 0 Å². The lowest BCUT2D eigenvalue weighted by Gasteiger charge is -2.30. The van der Waals surface area contributed by atoms with E-state index in [0.29, 0.717) is 0 Å². The molecule has 3 rings (SSSR count). The number of hydrogen-bond acceptors (Lipinski definition) is 3. The first-order valence-corrected chi connectivity index (χ1v) is 8.82. The average Bonchev–Trinajstić information content (AvgIpc) is 2.58. The van der Waals surface area contributed by atoms with Crippen LogP contribution in [0.4, 0.5) is 5.69 Å². The molecule has 1 fully saturated rings. The predicted molar refractivity (Wildman–Crippen MR) is 93.7 cm³/mol. The van der Waals surface area contributed by atoms with E-state index in [4.69, 9.17) is 0 Å². The summed E-state index contributed by atoms with van der Waals surface area (Å²) in [5, 5.41) is 9.24. The summed E-state index contributed by atoms with van der Waals surface area (Å²) >= 11 is 1.83. The van der Waals surface area contributed by atoms with E-state index in [1.807, 2.05) is 17.8 Å². The average molecular weight is 313 g/mol. The van der Waals surface area contributed by atoms with Crippen LogP contribution in [-0.4, -0.2) is 18.2 Å². The molecule has 22 heavy (non-hydrogen) atoms. The number of nitrogens with zero attached hydrogens (tertiary/aromatic N) is 1. The Morgan fingerprint density at radius 2 is 1.77 bits per heavy atom. The molecule has 2 aromatic rings. The molecule has 0 spiro atoms. The summed E-state index contributed by atoms with van der Waals surface area (Å²) in [6.45, 7) is 4.56. The van der Waals surface area contributed by atoms with Crippen LogP contribution in [0.1, 0.15) is 30.4 Å². The lowest BCUT2D eigenvalue weighted by atomic mass is 10.1. The zero-order chi connectivity index (χ0) is 15.4. The molecule has 0 radical (unpaired) electrons. The molecule has 0 aromatic heterocycles. The molecule has 116 valence electrons. The van der Waals surface area contributed by atoms with Crippen molar-refractivity contribution in [3.05, 3.63) is 53.6 Å². The Bertz CT molecular complexity index is 635. The van der Waals surface area contributed by atoms with Gasteiger partial charge in [0, 0.05) is 22.9 Å². The highest BCUT2D eigenvalue weighted by Gasteiger charge is 2.15. The zero-order valence-corrected chi connectivity index (χ0v) is 13.9. The largest absolute Gasteiger partial charge is 0.392 e. The fraction of sp³-hybridized carbons (Fsp3) is 0.368. The fourth-order valence-electron chi connectivity index (χ4n) is 2.98. The zero-order valence-electron chi connectivity index (χ0n) is 13.1. The fourth-order valence-corrected chi connectivity index (χ4v) is 4.02. The van der Waals surface area contributed by atoms with Gasteiger partial charge in [0.05, 0.1) is 12.3 Å². The van der Waals surface area contributed by atoms with Crippen molar-refractivity contribution in [3.8, 4) is 0 Å². The van der Waals surface area contributed by atoms with E-state index in [2.05, 4.69) is 48.2 Å². The van der Waals surface area contributed by atoms with Crippen molar-refractivity contribution in [1.29, 1.82) is 0 Å². The summed E-state index contributed by atoms with van der Waals surface area (Å²) in [4.78, 5) is 5.11. The van der Waals surface area contributed by atoms with Gasteiger partial charge in [0.2, 0.25) is 0 Å². The standard InChI is InChI=1S/C19H23NOS/c1-15-13-16(14-21)9-10-18(15)22-19-8-4-3-7-17(19)20-11-5-2-6-12-20/h3-4,7-10,13,21H,2,5-6,11-12,14H2,1H3. The second-order valence-corrected chi connectivity index (χ2v) is 6.96. The number of para-hydroxylation sites is 1. The van der Waals surface area contributed by atoms with Crippen LogP contribution in [0.3, 0.4) is 0 Å². The van der Waals surface area contributed by atoms with Crippen LogP contribution < -0.4 is 4.90 Å². The minimum Gasteiger partial charge on any atom is -0.392 e. The monoisotopic (exact) mass is 313 g/mol. The third-order valence-corrected chi connectivity index (χ3v) is 5.45. The first-order valence-electron chi connectivity index (χ1n) is 8.00. The van der Waals surface area contributed by atoms with Gasteiger partial charge in [0.15, 0.2) is 0 Å². The SMILES string of the molecule is Cc1cc(CO)ccc1Sc1ccccc1N1CCCCC1. The smallest absolute Gasteiger partial charge is 0.0681 e. The van der Waals surface area contributed by atoms with Gasteiger partial charge < -0.3 is 10.0 Å². The number of aliphatic hydroxyl groups excluding tert-OH is 1. The second kappa shape index (κ2) is 7.21. The lowest BCUT2D eigenvalue weighted by Crippen LogP contribution is -2.29. The Morgan fingerprint density at radius 3 is 2.50 bits per heavy atom. The summed E-state index contributed by atoms with van der Waals surface area (Å²) in [5.41, 5.74) is 3.56. The van der Waals surface area contributed by atoms with E-state index in [1.54, 1.807) is 0 Å². The quantitative estimate of drug-likeness (QED) is 0.890. The summed E-state index contributed by atoms with van der Waals surface area (Å²) < 4.78 is 0. The van der Waals surface area contributed by atoms with Crippen LogP contribution in [-0.2, 0) is 6.61 Å². The van der Waals surface area contributed by atoms with E-state index < -0.39 is 0 Å². The number of hydrogen-bond donors (Lipinski definition) is 1. The third-order valence-electron chi connectivity index (χ3n) is 4.20. The van der Waals surface area contributed by atoms with Gasteiger partial charge >= 0.3 is 0 Å². The lowest BCUT2D eigenvalue weighted by molar-refractivity contribution is 0.281. The summed E-state index contributed by atoms with van der Waals surface area (Å²) in [5.74, 6) is 0. The van der Waals surface area contributed by atoms with Gasteiger partial charge in [-0.2, -0.15) is 0 Å². The molecular formula is C19H23NOS. The molecule has 1 N–H and O–H groups in total. The predicted octanol–water partition coefficient (Wildman–Crippen LogP) is 4.63. The molecule has 0 aliphatic carbocycles. The van der Waals surface area contributed by atoms with Crippen LogP contribution in [0.5, 0.6) is 0 Å². The molecule has 1 saturated heterocycles. The van der Waals surface area contributed by atoms with Gasteiger partial charge in [-0.25, -0.2) is 0 Å². The third kappa shape index (κ3) is 3.47. The molecule has 3 heteroatoms. The summed E-state index contributed by atoms with van der Waals surface area (Å²) in [6, 6.07) is 14.9. The Morgan fingerprint density at radius 1 is 1.00 bits per heavy atom. The van der Waals surface area contributed by atoms with Gasteiger partial charge in [-0.05, 0) is 55.5 Å². The molecule has 0 atom stereocenters. The van der Waals surface area contributed by atoms with Crippen LogP contribution >= 0.6 is 11.8 Å². The number of benzene rings is 2. The molecule has 0 bridgehead atoms. The van der Waals surface area contributed by atoms with Crippen molar-refractivity contribution >= 4 is 17.4 Å². The van der Waals surface area contributed by atoms with Crippen molar-refractivity contribution in [2.24, 2.45) is 0 Å². The molecule has 1 aliphatic rings. The Balaban J connectivity index is 1.86. The van der Waals surface area contributed by atoms with Gasteiger partial charge in [-0.15, -0.1) is 0 Å². The van der Waals surface area contributed by atoms with Gasteiger partial charge in [-0.3, -0.25) is 0 Å². The van der Waals surface area contributed by atoms with E-state index in [0.717, 1.165) is 5.56 Å². The van der Waals surface area contributed by atoms with Gasteiger partial charge in [-0.1, -0.05) is 36.0 Å². The Labute approximate surface area is 137 Å². The maximum absolute atomic E-state index is 9.24. The highest BCUT2D eigenvalue weighted by molar-refractivity contribution is 7.99. The molecule has 0 amide bonds. The van der Waals surface area contributed by atoms with Crippen LogP contribution in [0.2, 0.25) is 0 Å². The van der Waals surface area contributed by atoms with Crippen LogP contribution in [0, 0.1) is 6.92 Å². The molecule has 0 unspecified atom stereocenters. The minimum atomic E-state index is 0.107. The first-order chi connectivity index (χ1) is 10.8. The Kier molecular flexibility index (Phi) is 5.06. The van der Waals surface area contributed by atoms with Gasteiger partial charge in [0.1, 0.15) is 0 Å². The van der Waals surface area contributed by atoms with Crippen molar-refractivity contribution in [2.75, 3.05) is 18.0 Å². The van der Waals surface area contributed by atoms with Crippen LogP contribution in [0.25, 0.3) is 0 Å². The van der Waals surface area contributed by atoms with E-state index in [1.165, 1.54) is 53.4 Å². The van der Waals surface area contributed by atoms with E-state index in [-0.39, 0.29) is 6.61 Å². The normalized spacial score (nSPS) is 15.1. The van der Waals surface area contributed by atoms with Gasteiger partial charge in [0.25, 0.3) is 0 Å². The van der Waals surface area contributed by atoms with Crippen molar-refractivity contribution in [2.45, 2.75) is 42.6 Å². The number of aliphatic hydroxyl groups is 1. The first kappa shape index (κ1) is 15.4. The number of piperidine rings is 1. The van der Waals surface area contributed by atoms with Crippen molar-refractivity contribution < 1.29 is 5.11 Å². The highest BCUT2D eigenvalue weighted by Crippen LogP contribution is 2.37. The molecule has 1 heterocycles. The van der Waals surface area contributed by atoms with Crippen molar-refractivity contribution in [3.63, 3.8) is 0 Å². The highest BCUT2D eigenvalue weighted by atomic mass is 32.2. The molecule has 2 aromatic carbocycles. The second-order valence-electron chi connectivity index (χ2n) is 5.88. The number of anilines is 1. The summed E-state index contributed by atoms with van der Waals surface area (Å²) in [6.07, 6.45) is 3.94. The van der Waals surface area contributed by atoms with Crippen LogP contribution in [0.15, 0.2) is 52.3 Å². The maximum atomic E-state index is 9.24.